The fourth-order valence-corrected chi connectivity index (χ4v) is 3.34. The van der Waals surface area contributed by atoms with Crippen molar-refractivity contribution in [3.63, 3.8) is 0 Å². The van der Waals surface area contributed by atoms with Gasteiger partial charge < -0.3 is 10.6 Å². The molecule has 0 radical (unpaired) electrons. The number of nitrogens with one attached hydrogen (secondary N) is 2. The van der Waals surface area contributed by atoms with E-state index in [0.29, 0.717) is 5.13 Å². The first-order chi connectivity index (χ1) is 9.81. The molecule has 0 bridgehead atoms. The molecule has 1 aliphatic carbocycles. The van der Waals surface area contributed by atoms with Gasteiger partial charge in [0.25, 0.3) is 0 Å². The molecule has 21 heavy (non-hydrogen) atoms. The van der Waals surface area contributed by atoms with E-state index in [1.54, 1.807) is 6.20 Å². The summed E-state index contributed by atoms with van der Waals surface area (Å²) in [5.74, 6) is -0.127. The third-order valence-electron chi connectivity index (χ3n) is 3.71. The molecule has 1 aromatic heterocycles. The van der Waals surface area contributed by atoms with Gasteiger partial charge in [0.05, 0.1) is 5.41 Å². The Morgan fingerprint density at radius 3 is 2.52 bits per heavy atom. The summed E-state index contributed by atoms with van der Waals surface area (Å²) in [6.45, 7) is 5.84. The van der Waals surface area contributed by atoms with E-state index in [9.17, 15) is 9.59 Å². The topological polar surface area (TPSA) is 71.1 Å². The maximum Gasteiger partial charge on any atom is 0.232 e. The Labute approximate surface area is 129 Å². The number of hydrogen-bond donors (Lipinski definition) is 2. The number of aromatic nitrogens is 1. The largest absolute Gasteiger partial charge is 0.351 e. The lowest BCUT2D eigenvalue weighted by molar-refractivity contribution is -0.133. The summed E-state index contributed by atoms with van der Waals surface area (Å²) in [5.41, 5.74) is -0.857. The molecule has 1 aliphatic rings. The number of anilines is 1. The fourth-order valence-electron chi connectivity index (χ4n) is 2.82. The third-order valence-corrected chi connectivity index (χ3v) is 4.40. The Morgan fingerprint density at radius 2 is 2.00 bits per heavy atom. The van der Waals surface area contributed by atoms with Gasteiger partial charge in [-0.1, -0.05) is 12.8 Å². The van der Waals surface area contributed by atoms with Crippen LogP contribution in [0.3, 0.4) is 0 Å². The SMILES string of the molecule is CC(C)(C)NC(=O)CC1(C(=O)Nc2nccs2)CCCC1. The summed E-state index contributed by atoms with van der Waals surface area (Å²) in [5, 5.41) is 8.24. The van der Waals surface area contributed by atoms with E-state index in [1.807, 2.05) is 26.2 Å². The van der Waals surface area contributed by atoms with E-state index in [1.165, 1.54) is 11.3 Å². The summed E-state index contributed by atoms with van der Waals surface area (Å²) >= 11 is 1.39. The minimum Gasteiger partial charge on any atom is -0.351 e. The lowest BCUT2D eigenvalue weighted by Gasteiger charge is -2.29. The van der Waals surface area contributed by atoms with Crippen molar-refractivity contribution >= 4 is 28.3 Å². The number of carbonyl (C=O) groups is 2. The first-order valence-corrected chi connectivity index (χ1v) is 8.21. The van der Waals surface area contributed by atoms with Crippen molar-refractivity contribution in [2.24, 2.45) is 5.41 Å². The lowest BCUT2D eigenvalue weighted by atomic mass is 9.81. The van der Waals surface area contributed by atoms with Gasteiger partial charge in [-0.25, -0.2) is 4.98 Å². The molecule has 0 spiro atoms. The molecule has 0 aliphatic heterocycles. The summed E-state index contributed by atoms with van der Waals surface area (Å²) in [7, 11) is 0. The molecule has 116 valence electrons. The summed E-state index contributed by atoms with van der Waals surface area (Å²) in [6.07, 6.45) is 5.43. The van der Waals surface area contributed by atoms with Crippen molar-refractivity contribution in [1.29, 1.82) is 0 Å². The van der Waals surface area contributed by atoms with E-state index in [-0.39, 0.29) is 23.8 Å². The number of amides is 2. The minimum absolute atomic E-state index is 0.0568. The second-order valence-corrected chi connectivity index (χ2v) is 7.65. The van der Waals surface area contributed by atoms with Crippen molar-refractivity contribution < 1.29 is 9.59 Å². The molecule has 2 N–H and O–H groups in total. The van der Waals surface area contributed by atoms with Gasteiger partial charge in [-0.15, -0.1) is 11.3 Å². The predicted molar refractivity (Wildman–Crippen MR) is 84.2 cm³/mol. The van der Waals surface area contributed by atoms with Crippen LogP contribution in [-0.2, 0) is 9.59 Å². The van der Waals surface area contributed by atoms with Gasteiger partial charge in [0.2, 0.25) is 11.8 Å². The summed E-state index contributed by atoms with van der Waals surface area (Å²) in [4.78, 5) is 28.9. The zero-order chi connectivity index (χ0) is 15.5. The van der Waals surface area contributed by atoms with E-state index in [4.69, 9.17) is 0 Å². The van der Waals surface area contributed by atoms with Crippen molar-refractivity contribution in [3.05, 3.63) is 11.6 Å². The van der Waals surface area contributed by atoms with Crippen LogP contribution in [0.2, 0.25) is 0 Å². The first-order valence-electron chi connectivity index (χ1n) is 7.33. The summed E-state index contributed by atoms with van der Waals surface area (Å²) in [6, 6.07) is 0. The fraction of sp³-hybridized carbons (Fsp3) is 0.667. The highest BCUT2D eigenvalue weighted by Gasteiger charge is 2.43. The molecule has 0 unspecified atom stereocenters. The second-order valence-electron chi connectivity index (χ2n) is 6.75. The van der Waals surface area contributed by atoms with E-state index >= 15 is 0 Å². The van der Waals surface area contributed by atoms with Gasteiger partial charge in [0.15, 0.2) is 5.13 Å². The number of nitrogens with zero attached hydrogens (tertiary/aromatic N) is 1. The second kappa shape index (κ2) is 6.13. The molecule has 5 nitrogen and oxygen atoms in total. The lowest BCUT2D eigenvalue weighted by Crippen LogP contribution is -2.45. The average molecular weight is 309 g/mol. The molecule has 1 heterocycles. The Kier molecular flexibility index (Phi) is 4.66. The quantitative estimate of drug-likeness (QED) is 0.898. The van der Waals surface area contributed by atoms with Crippen molar-refractivity contribution in [2.75, 3.05) is 5.32 Å². The Morgan fingerprint density at radius 1 is 1.33 bits per heavy atom. The molecular weight excluding hydrogens is 286 g/mol. The highest BCUT2D eigenvalue weighted by atomic mass is 32.1. The molecule has 2 rings (SSSR count). The first kappa shape index (κ1) is 15.9. The van der Waals surface area contributed by atoms with Crippen molar-refractivity contribution in [1.82, 2.24) is 10.3 Å². The maximum atomic E-state index is 12.6. The van der Waals surface area contributed by atoms with Gasteiger partial charge in [0, 0.05) is 23.5 Å². The molecule has 0 aromatic carbocycles. The Hall–Kier alpha value is -1.43. The minimum atomic E-state index is -0.582. The monoisotopic (exact) mass is 309 g/mol. The normalized spacial score (nSPS) is 17.5. The van der Waals surface area contributed by atoms with Crippen LogP contribution < -0.4 is 10.6 Å². The highest BCUT2D eigenvalue weighted by Crippen LogP contribution is 2.42. The molecule has 2 amide bonds. The smallest absolute Gasteiger partial charge is 0.232 e. The van der Waals surface area contributed by atoms with Crippen LogP contribution in [-0.4, -0.2) is 22.3 Å². The summed E-state index contributed by atoms with van der Waals surface area (Å²) < 4.78 is 0. The van der Waals surface area contributed by atoms with Crippen molar-refractivity contribution in [2.45, 2.75) is 58.4 Å². The molecule has 6 heteroatoms. The van der Waals surface area contributed by atoms with Crippen molar-refractivity contribution in [3.8, 4) is 0 Å². The van der Waals surface area contributed by atoms with E-state index in [0.717, 1.165) is 25.7 Å². The molecule has 1 aromatic rings. The van der Waals surface area contributed by atoms with Crippen LogP contribution >= 0.6 is 11.3 Å². The van der Waals surface area contributed by atoms with Crippen LogP contribution in [0.1, 0.15) is 52.9 Å². The average Bonchev–Trinajstić information content (AvgIpc) is 2.98. The van der Waals surface area contributed by atoms with E-state index in [2.05, 4.69) is 15.6 Å². The van der Waals surface area contributed by atoms with Gasteiger partial charge >= 0.3 is 0 Å². The third kappa shape index (κ3) is 4.27. The van der Waals surface area contributed by atoms with Gasteiger partial charge in [-0.3, -0.25) is 9.59 Å². The van der Waals surface area contributed by atoms with Crippen LogP contribution in [0, 0.1) is 5.41 Å². The Balaban J connectivity index is 2.06. The van der Waals surface area contributed by atoms with E-state index < -0.39 is 5.41 Å². The standard InChI is InChI=1S/C15H23N3O2S/c1-14(2,3)18-11(19)10-15(6-4-5-7-15)12(20)17-13-16-8-9-21-13/h8-9H,4-7,10H2,1-3H3,(H,18,19)(H,16,17,20). The molecule has 1 fully saturated rings. The predicted octanol–water partition coefficient (Wildman–Crippen LogP) is 2.95. The van der Waals surface area contributed by atoms with Gasteiger partial charge in [0.1, 0.15) is 0 Å². The van der Waals surface area contributed by atoms with Gasteiger partial charge in [-0.2, -0.15) is 0 Å². The number of hydrogen-bond acceptors (Lipinski definition) is 4. The van der Waals surface area contributed by atoms with Crippen LogP contribution in [0.5, 0.6) is 0 Å². The number of carbonyl (C=O) groups excluding carboxylic acids is 2. The molecular formula is C15H23N3O2S. The molecule has 0 atom stereocenters. The number of rotatable bonds is 4. The number of thiazole rings is 1. The van der Waals surface area contributed by atoms with Crippen LogP contribution in [0.4, 0.5) is 5.13 Å². The van der Waals surface area contributed by atoms with Crippen LogP contribution in [0.25, 0.3) is 0 Å². The molecule has 0 saturated heterocycles. The maximum absolute atomic E-state index is 12.6. The van der Waals surface area contributed by atoms with Crippen LogP contribution in [0.15, 0.2) is 11.6 Å². The molecule has 1 saturated carbocycles. The zero-order valence-corrected chi connectivity index (χ0v) is 13.7. The highest BCUT2D eigenvalue weighted by molar-refractivity contribution is 7.13. The Bertz CT molecular complexity index is 499. The van der Waals surface area contributed by atoms with Gasteiger partial charge in [-0.05, 0) is 33.6 Å². The zero-order valence-electron chi connectivity index (χ0n) is 12.9.